The van der Waals surface area contributed by atoms with E-state index in [9.17, 15) is 0 Å². The summed E-state index contributed by atoms with van der Waals surface area (Å²) in [4.78, 5) is 10.1. The van der Waals surface area contributed by atoms with Crippen LogP contribution in [-0.4, -0.2) is 27.2 Å². The number of hydrogen-bond donors (Lipinski definition) is 2. The van der Waals surface area contributed by atoms with Crippen LogP contribution < -0.4 is 5.32 Å². The molecule has 0 radical (unpaired) electrons. The van der Waals surface area contributed by atoms with Gasteiger partial charge in [0.25, 0.3) is 0 Å². The van der Waals surface area contributed by atoms with Gasteiger partial charge in [0, 0.05) is 10.9 Å². The summed E-state index contributed by atoms with van der Waals surface area (Å²) in [6.45, 7) is 0. The second-order valence-corrected chi connectivity index (χ2v) is 4.93. The fraction of sp³-hybridized carbons (Fsp3) is 0.500. The Kier molecular flexibility index (Phi) is 2.45. The fourth-order valence-electron chi connectivity index (χ4n) is 2.10. The maximum Gasteiger partial charge on any atom is 0.184 e. The standard InChI is InChI=1S/C10H13N5S/c1-11-6-3-2-4-7-8(6)16-10(14-7)9-12-5-13-15-9/h5-6,11H,2-4H2,1H3,(H,12,13,15). The molecule has 16 heavy (non-hydrogen) atoms. The number of aromatic amines is 1. The zero-order chi connectivity index (χ0) is 11.0. The average molecular weight is 235 g/mol. The molecule has 2 N–H and O–H groups in total. The van der Waals surface area contributed by atoms with Gasteiger partial charge in [-0.1, -0.05) is 0 Å². The van der Waals surface area contributed by atoms with E-state index in [0.717, 1.165) is 17.3 Å². The summed E-state index contributed by atoms with van der Waals surface area (Å²) in [5.41, 5.74) is 1.22. The van der Waals surface area contributed by atoms with Crippen LogP contribution in [0.3, 0.4) is 0 Å². The third kappa shape index (κ3) is 1.54. The zero-order valence-electron chi connectivity index (χ0n) is 9.03. The molecule has 0 fully saturated rings. The predicted octanol–water partition coefficient (Wildman–Crippen LogP) is 1.52. The van der Waals surface area contributed by atoms with Crippen LogP contribution in [0.1, 0.15) is 29.5 Å². The first kappa shape index (κ1) is 9.92. The number of aromatic nitrogens is 4. The first-order chi connectivity index (χ1) is 7.88. The Hall–Kier alpha value is -1.27. The number of nitrogens with zero attached hydrogens (tertiary/aromatic N) is 3. The molecule has 0 aromatic carbocycles. The van der Waals surface area contributed by atoms with Gasteiger partial charge in [-0.25, -0.2) is 9.97 Å². The van der Waals surface area contributed by atoms with E-state index >= 15 is 0 Å². The molecular formula is C10H13N5S. The Bertz CT molecular complexity index is 475. The number of fused-ring (bicyclic) bond motifs is 1. The summed E-state index contributed by atoms with van der Waals surface area (Å²) < 4.78 is 0. The van der Waals surface area contributed by atoms with Crippen molar-refractivity contribution in [1.29, 1.82) is 0 Å². The summed E-state index contributed by atoms with van der Waals surface area (Å²) in [5.74, 6) is 0.772. The van der Waals surface area contributed by atoms with Crippen LogP contribution in [0.25, 0.3) is 10.8 Å². The topological polar surface area (TPSA) is 66.5 Å². The molecule has 2 heterocycles. The second-order valence-electron chi connectivity index (χ2n) is 3.90. The van der Waals surface area contributed by atoms with E-state index in [0.29, 0.717) is 6.04 Å². The number of thiazole rings is 1. The first-order valence-corrected chi connectivity index (χ1v) is 6.22. The lowest BCUT2D eigenvalue weighted by Crippen LogP contribution is -2.19. The minimum Gasteiger partial charge on any atom is -0.312 e. The van der Waals surface area contributed by atoms with Crippen LogP contribution in [-0.2, 0) is 6.42 Å². The smallest absolute Gasteiger partial charge is 0.184 e. The van der Waals surface area contributed by atoms with Gasteiger partial charge in [0.15, 0.2) is 10.8 Å². The Labute approximate surface area is 97.3 Å². The lowest BCUT2D eigenvalue weighted by molar-refractivity contribution is 0.501. The third-order valence-electron chi connectivity index (χ3n) is 2.92. The molecule has 6 heteroatoms. The third-order valence-corrected chi connectivity index (χ3v) is 4.13. The van der Waals surface area contributed by atoms with E-state index in [1.54, 1.807) is 11.3 Å². The number of aryl methyl sites for hydroxylation is 1. The van der Waals surface area contributed by atoms with Gasteiger partial charge in [0.05, 0.1) is 5.69 Å². The van der Waals surface area contributed by atoms with Gasteiger partial charge >= 0.3 is 0 Å². The normalized spacial score (nSPS) is 19.7. The summed E-state index contributed by atoms with van der Waals surface area (Å²) in [7, 11) is 2.01. The quantitative estimate of drug-likeness (QED) is 0.828. The minimum atomic E-state index is 0.456. The highest BCUT2D eigenvalue weighted by Crippen LogP contribution is 2.36. The number of hydrogen-bond acceptors (Lipinski definition) is 5. The molecule has 0 bridgehead atoms. The Morgan fingerprint density at radius 2 is 2.50 bits per heavy atom. The molecule has 84 valence electrons. The summed E-state index contributed by atoms with van der Waals surface area (Å²) >= 11 is 1.72. The maximum absolute atomic E-state index is 4.64. The molecule has 1 aliphatic rings. The van der Waals surface area contributed by atoms with Gasteiger partial charge in [0.1, 0.15) is 6.33 Å². The molecule has 2 aromatic heterocycles. The molecule has 0 amide bonds. The van der Waals surface area contributed by atoms with Crippen molar-refractivity contribution in [2.75, 3.05) is 7.05 Å². The monoisotopic (exact) mass is 235 g/mol. The lowest BCUT2D eigenvalue weighted by Gasteiger charge is -2.19. The van der Waals surface area contributed by atoms with Crippen LogP contribution in [0, 0.1) is 0 Å². The van der Waals surface area contributed by atoms with Crippen molar-refractivity contribution in [2.45, 2.75) is 25.3 Å². The molecular weight excluding hydrogens is 222 g/mol. The first-order valence-electron chi connectivity index (χ1n) is 5.41. The summed E-state index contributed by atoms with van der Waals surface area (Å²) in [5, 5.41) is 11.0. The van der Waals surface area contributed by atoms with Crippen LogP contribution in [0.15, 0.2) is 6.33 Å². The van der Waals surface area contributed by atoms with E-state index in [2.05, 4.69) is 25.5 Å². The molecule has 1 aliphatic carbocycles. The highest BCUT2D eigenvalue weighted by Gasteiger charge is 2.24. The highest BCUT2D eigenvalue weighted by atomic mass is 32.1. The van der Waals surface area contributed by atoms with Gasteiger partial charge in [0.2, 0.25) is 0 Å². The predicted molar refractivity (Wildman–Crippen MR) is 62.2 cm³/mol. The van der Waals surface area contributed by atoms with Crippen molar-refractivity contribution < 1.29 is 0 Å². The Balaban J connectivity index is 2.02. The van der Waals surface area contributed by atoms with Gasteiger partial charge in [-0.2, -0.15) is 5.10 Å². The van der Waals surface area contributed by atoms with Crippen molar-refractivity contribution in [2.24, 2.45) is 0 Å². The van der Waals surface area contributed by atoms with Crippen molar-refractivity contribution in [3.8, 4) is 10.8 Å². The Morgan fingerprint density at radius 1 is 1.56 bits per heavy atom. The molecule has 0 aliphatic heterocycles. The fourth-order valence-corrected chi connectivity index (χ4v) is 3.31. The molecule has 0 saturated carbocycles. The molecule has 2 aromatic rings. The van der Waals surface area contributed by atoms with Crippen molar-refractivity contribution >= 4 is 11.3 Å². The van der Waals surface area contributed by atoms with E-state index < -0.39 is 0 Å². The SMILES string of the molecule is CNC1CCCc2nc(-c3ncn[nH]3)sc21. The van der Waals surface area contributed by atoms with Gasteiger partial charge in [-0.15, -0.1) is 11.3 Å². The van der Waals surface area contributed by atoms with Gasteiger partial charge < -0.3 is 5.32 Å². The average Bonchev–Trinajstić information content (AvgIpc) is 2.96. The van der Waals surface area contributed by atoms with E-state index in [1.807, 2.05) is 7.05 Å². The van der Waals surface area contributed by atoms with E-state index in [-0.39, 0.29) is 0 Å². The molecule has 0 spiro atoms. The molecule has 5 nitrogen and oxygen atoms in total. The van der Waals surface area contributed by atoms with Crippen molar-refractivity contribution in [3.05, 3.63) is 16.9 Å². The van der Waals surface area contributed by atoms with E-state index in [1.165, 1.54) is 29.7 Å². The van der Waals surface area contributed by atoms with Gasteiger partial charge in [-0.05, 0) is 26.3 Å². The molecule has 1 unspecified atom stereocenters. The van der Waals surface area contributed by atoms with Crippen LogP contribution >= 0.6 is 11.3 Å². The second kappa shape index (κ2) is 3.95. The van der Waals surface area contributed by atoms with Gasteiger partial charge in [-0.3, -0.25) is 5.10 Å². The minimum absolute atomic E-state index is 0.456. The van der Waals surface area contributed by atoms with Crippen LogP contribution in [0.2, 0.25) is 0 Å². The number of H-pyrrole nitrogens is 1. The Morgan fingerprint density at radius 3 is 3.25 bits per heavy atom. The van der Waals surface area contributed by atoms with Crippen LogP contribution in [0.4, 0.5) is 0 Å². The zero-order valence-corrected chi connectivity index (χ0v) is 9.84. The largest absolute Gasteiger partial charge is 0.312 e. The molecule has 1 atom stereocenters. The highest BCUT2D eigenvalue weighted by molar-refractivity contribution is 7.15. The summed E-state index contributed by atoms with van der Waals surface area (Å²) in [6.07, 6.45) is 5.00. The van der Waals surface area contributed by atoms with E-state index in [4.69, 9.17) is 0 Å². The number of nitrogens with one attached hydrogen (secondary N) is 2. The molecule has 3 rings (SSSR count). The van der Waals surface area contributed by atoms with Crippen molar-refractivity contribution in [3.63, 3.8) is 0 Å². The maximum atomic E-state index is 4.64. The van der Waals surface area contributed by atoms with Crippen molar-refractivity contribution in [1.82, 2.24) is 25.5 Å². The van der Waals surface area contributed by atoms with Crippen LogP contribution in [0.5, 0.6) is 0 Å². The number of rotatable bonds is 2. The lowest BCUT2D eigenvalue weighted by atomic mass is 9.98. The molecule has 0 saturated heterocycles. The summed E-state index contributed by atoms with van der Waals surface area (Å²) in [6, 6.07) is 0.456.